The van der Waals surface area contributed by atoms with E-state index in [-0.39, 0.29) is 25.7 Å². The van der Waals surface area contributed by atoms with Gasteiger partial charge in [-0.2, -0.15) is 0 Å². The van der Waals surface area contributed by atoms with E-state index in [2.05, 4.69) is 31.8 Å². The number of aliphatic hydroxyl groups excluding tert-OH is 3. The van der Waals surface area contributed by atoms with Crippen LogP contribution in [0.25, 0.3) is 0 Å². The Hall–Kier alpha value is -1.08. The third-order valence-corrected chi connectivity index (χ3v) is 3.38. The highest BCUT2D eigenvalue weighted by atomic mass is 16.3. The molecule has 0 aromatic rings. The molecule has 2 unspecified atom stereocenters. The van der Waals surface area contributed by atoms with Gasteiger partial charge in [-0.15, -0.1) is 5.92 Å². The Balaban J connectivity index is 5.12. The molecular weight excluding hydrogens is 264 g/mol. The highest BCUT2D eigenvalue weighted by Gasteiger charge is 2.11. The second-order valence-corrected chi connectivity index (χ2v) is 5.01. The zero-order chi connectivity index (χ0) is 15.9. The second-order valence-electron chi connectivity index (χ2n) is 5.01. The lowest BCUT2D eigenvalue weighted by Gasteiger charge is -2.16. The highest BCUT2D eigenvalue weighted by molar-refractivity contribution is 5.22. The van der Waals surface area contributed by atoms with Crippen molar-refractivity contribution in [3.8, 4) is 11.8 Å². The van der Waals surface area contributed by atoms with E-state index in [1.54, 1.807) is 6.08 Å². The Kier molecular flexibility index (Phi) is 13.2. The van der Waals surface area contributed by atoms with E-state index >= 15 is 0 Å². The summed E-state index contributed by atoms with van der Waals surface area (Å²) in [5, 5.41) is 26.8. The molecule has 3 N–H and O–H groups in total. The van der Waals surface area contributed by atoms with Crippen LogP contribution in [0.1, 0.15) is 46.0 Å². The van der Waals surface area contributed by atoms with Crippen molar-refractivity contribution in [2.75, 3.05) is 19.8 Å². The SMILES string of the molecule is CCC(C=CCO)C=C(CCCO)C(C#CCCO)CC. The van der Waals surface area contributed by atoms with Crippen molar-refractivity contribution in [2.24, 2.45) is 11.8 Å². The summed E-state index contributed by atoms with van der Waals surface area (Å²) in [5.74, 6) is 6.72. The number of aliphatic hydroxyl groups is 3. The van der Waals surface area contributed by atoms with E-state index in [9.17, 15) is 0 Å². The summed E-state index contributed by atoms with van der Waals surface area (Å²) in [4.78, 5) is 0. The maximum atomic E-state index is 9.07. The molecule has 0 saturated carbocycles. The van der Waals surface area contributed by atoms with E-state index in [1.807, 2.05) is 6.08 Å². The Bertz CT molecular complexity index is 360. The molecule has 3 nitrogen and oxygen atoms in total. The molecule has 2 atom stereocenters. The molecule has 0 aliphatic rings. The predicted molar refractivity (Wildman–Crippen MR) is 87.7 cm³/mol. The van der Waals surface area contributed by atoms with Crippen molar-refractivity contribution in [1.29, 1.82) is 0 Å². The zero-order valence-corrected chi connectivity index (χ0v) is 13.4. The van der Waals surface area contributed by atoms with Gasteiger partial charge in [-0.3, -0.25) is 0 Å². The molecule has 0 radical (unpaired) electrons. The summed E-state index contributed by atoms with van der Waals surface area (Å²) in [5.41, 5.74) is 1.26. The highest BCUT2D eigenvalue weighted by Crippen LogP contribution is 2.23. The molecular formula is C18H30O3. The quantitative estimate of drug-likeness (QED) is 0.429. The van der Waals surface area contributed by atoms with E-state index in [0.717, 1.165) is 25.7 Å². The van der Waals surface area contributed by atoms with Crippen molar-refractivity contribution in [3.63, 3.8) is 0 Å². The Morgan fingerprint density at radius 1 is 1.10 bits per heavy atom. The van der Waals surface area contributed by atoms with Gasteiger partial charge in [0.25, 0.3) is 0 Å². The van der Waals surface area contributed by atoms with Gasteiger partial charge in [0.2, 0.25) is 0 Å². The van der Waals surface area contributed by atoms with Crippen LogP contribution in [0.4, 0.5) is 0 Å². The summed E-state index contributed by atoms with van der Waals surface area (Å²) in [6.45, 7) is 4.56. The number of hydrogen-bond donors (Lipinski definition) is 3. The lowest BCUT2D eigenvalue weighted by atomic mass is 9.89. The third-order valence-electron chi connectivity index (χ3n) is 3.38. The van der Waals surface area contributed by atoms with Crippen LogP contribution < -0.4 is 0 Å². The largest absolute Gasteiger partial charge is 0.396 e. The van der Waals surface area contributed by atoms with Gasteiger partial charge in [0.05, 0.1) is 13.2 Å². The van der Waals surface area contributed by atoms with Crippen LogP contribution in [0.2, 0.25) is 0 Å². The molecule has 0 amide bonds. The minimum absolute atomic E-state index is 0.0594. The summed E-state index contributed by atoms with van der Waals surface area (Å²) < 4.78 is 0. The topological polar surface area (TPSA) is 60.7 Å². The van der Waals surface area contributed by atoms with Gasteiger partial charge in [-0.1, -0.05) is 43.6 Å². The Morgan fingerprint density at radius 3 is 2.38 bits per heavy atom. The van der Waals surface area contributed by atoms with Gasteiger partial charge in [0, 0.05) is 18.9 Å². The predicted octanol–water partition coefficient (Wildman–Crippen LogP) is 2.67. The van der Waals surface area contributed by atoms with E-state index < -0.39 is 0 Å². The zero-order valence-electron chi connectivity index (χ0n) is 13.4. The smallest absolute Gasteiger partial charge is 0.0612 e. The Labute approximate surface area is 129 Å². The van der Waals surface area contributed by atoms with Crippen LogP contribution in [0.3, 0.4) is 0 Å². The number of hydrogen-bond acceptors (Lipinski definition) is 3. The lowest BCUT2D eigenvalue weighted by Crippen LogP contribution is -2.05. The van der Waals surface area contributed by atoms with Gasteiger partial charge in [-0.25, -0.2) is 0 Å². The molecule has 0 rings (SSSR count). The van der Waals surface area contributed by atoms with E-state index in [0.29, 0.717) is 12.3 Å². The van der Waals surface area contributed by atoms with Crippen LogP contribution in [-0.4, -0.2) is 35.1 Å². The normalized spacial score (nSPS) is 14.8. The van der Waals surface area contributed by atoms with Crippen LogP contribution in [0.15, 0.2) is 23.8 Å². The number of allylic oxidation sites excluding steroid dienone is 3. The van der Waals surface area contributed by atoms with Crippen LogP contribution in [0, 0.1) is 23.7 Å². The first kappa shape index (κ1) is 19.9. The minimum Gasteiger partial charge on any atom is -0.396 e. The van der Waals surface area contributed by atoms with Crippen LogP contribution in [-0.2, 0) is 0 Å². The van der Waals surface area contributed by atoms with Crippen LogP contribution >= 0.6 is 0 Å². The van der Waals surface area contributed by atoms with Gasteiger partial charge in [-0.05, 0) is 31.6 Å². The summed E-state index contributed by atoms with van der Waals surface area (Å²) in [7, 11) is 0. The van der Waals surface area contributed by atoms with Gasteiger partial charge < -0.3 is 15.3 Å². The van der Waals surface area contributed by atoms with Gasteiger partial charge in [0.15, 0.2) is 0 Å². The fourth-order valence-electron chi connectivity index (χ4n) is 2.19. The molecule has 0 aromatic carbocycles. The maximum Gasteiger partial charge on any atom is 0.0612 e. The molecule has 21 heavy (non-hydrogen) atoms. The van der Waals surface area contributed by atoms with E-state index in [1.165, 1.54) is 5.57 Å². The van der Waals surface area contributed by atoms with Crippen molar-refractivity contribution < 1.29 is 15.3 Å². The molecule has 0 saturated heterocycles. The molecule has 0 heterocycles. The Morgan fingerprint density at radius 2 is 1.86 bits per heavy atom. The first-order chi connectivity index (χ1) is 10.2. The molecule has 0 fully saturated rings. The molecule has 0 bridgehead atoms. The lowest BCUT2D eigenvalue weighted by molar-refractivity contribution is 0.287. The first-order valence-electron chi connectivity index (χ1n) is 7.91. The maximum absolute atomic E-state index is 9.07. The molecule has 3 heteroatoms. The first-order valence-corrected chi connectivity index (χ1v) is 7.91. The molecule has 0 aromatic heterocycles. The second kappa shape index (κ2) is 13.9. The number of rotatable bonds is 10. The fraction of sp³-hybridized carbons (Fsp3) is 0.667. The average molecular weight is 294 g/mol. The fourth-order valence-corrected chi connectivity index (χ4v) is 2.19. The molecule has 0 aliphatic carbocycles. The van der Waals surface area contributed by atoms with E-state index in [4.69, 9.17) is 15.3 Å². The monoisotopic (exact) mass is 294 g/mol. The van der Waals surface area contributed by atoms with Crippen molar-refractivity contribution in [2.45, 2.75) is 46.0 Å². The van der Waals surface area contributed by atoms with Crippen molar-refractivity contribution in [1.82, 2.24) is 0 Å². The third kappa shape index (κ3) is 9.47. The van der Waals surface area contributed by atoms with Crippen LogP contribution in [0.5, 0.6) is 0 Å². The summed E-state index contributed by atoms with van der Waals surface area (Å²) >= 11 is 0. The van der Waals surface area contributed by atoms with Crippen molar-refractivity contribution in [3.05, 3.63) is 23.8 Å². The van der Waals surface area contributed by atoms with Gasteiger partial charge in [0.1, 0.15) is 0 Å². The van der Waals surface area contributed by atoms with Crippen molar-refractivity contribution >= 4 is 0 Å². The van der Waals surface area contributed by atoms with Gasteiger partial charge >= 0.3 is 0 Å². The molecule has 120 valence electrons. The summed E-state index contributed by atoms with van der Waals surface area (Å²) in [6, 6.07) is 0. The molecule has 0 aliphatic heterocycles. The standard InChI is InChI=1S/C18H30O3/c1-3-16(9-7-13-20)15-18(11-8-14-21)17(4-2)10-5-6-12-19/h7,9,15-17,19-21H,3-4,6,8,11-14H2,1-2H3. The summed E-state index contributed by atoms with van der Waals surface area (Å²) in [6.07, 6.45) is 10.0. The minimum atomic E-state index is 0.0594. The average Bonchev–Trinajstić information content (AvgIpc) is 2.51. The molecule has 0 spiro atoms.